The van der Waals surface area contributed by atoms with Crippen LogP contribution in [0.25, 0.3) is 11.1 Å². The molecule has 0 saturated heterocycles. The zero-order chi connectivity index (χ0) is 25.3. The van der Waals surface area contributed by atoms with Gasteiger partial charge in [0.1, 0.15) is 6.61 Å². The average Bonchev–Trinajstić information content (AvgIpc) is 3.10. The molecule has 3 N–H and O–H groups in total. The number of carboxylic acid groups (broad SMARTS) is 1. The lowest BCUT2D eigenvalue weighted by Crippen LogP contribution is -2.59. The number of carboxylic acids is 1. The molecule has 0 saturated carbocycles. The van der Waals surface area contributed by atoms with Gasteiger partial charge in [-0.15, -0.1) is 0 Å². The van der Waals surface area contributed by atoms with Crippen molar-refractivity contribution in [3.63, 3.8) is 0 Å². The van der Waals surface area contributed by atoms with Gasteiger partial charge in [-0.25, -0.2) is 4.79 Å². The van der Waals surface area contributed by atoms with E-state index in [0.29, 0.717) is 0 Å². The fourth-order valence-electron chi connectivity index (χ4n) is 4.02. The minimum absolute atomic E-state index is 0.0479. The number of hydrogen-bond donors (Lipinski definition) is 3. The third-order valence-corrected chi connectivity index (χ3v) is 7.39. The molecule has 0 radical (unpaired) electrons. The number of carbonyl (C=O) groups excluding carboxylic acids is 2. The molecule has 2 amide bonds. The van der Waals surface area contributed by atoms with Crippen LogP contribution in [0, 0.1) is 11.3 Å². The molecular weight excluding hydrogens is 432 g/mol. The number of benzene rings is 2. The Morgan fingerprint density at radius 2 is 1.44 bits per heavy atom. The second-order valence-electron chi connectivity index (χ2n) is 10.1. The van der Waals surface area contributed by atoms with Crippen LogP contribution >= 0.6 is 0 Å². The molecule has 1 aliphatic rings. The first kappa shape index (κ1) is 25.3. The summed E-state index contributed by atoms with van der Waals surface area (Å²) < 4.78 is 5.57. The summed E-state index contributed by atoms with van der Waals surface area (Å²) in [4.78, 5) is 37.0. The maximum absolute atomic E-state index is 12.8. The van der Waals surface area contributed by atoms with Gasteiger partial charge in [-0.2, -0.15) is 0 Å². The molecule has 0 bridgehead atoms. The SMILES string of the molecule is CC(NC(=O)OCC1c2ccccc2-c2ccccc21)C(C)C(=O)NC(C)(C)C(C)(C)C(=O)O. The third-order valence-electron chi connectivity index (χ3n) is 7.39. The predicted octanol–water partition coefficient (Wildman–Crippen LogP) is 4.56. The molecule has 0 heterocycles. The van der Waals surface area contributed by atoms with Crippen molar-refractivity contribution >= 4 is 18.0 Å². The number of carbonyl (C=O) groups is 3. The first-order valence-corrected chi connectivity index (χ1v) is 11.5. The van der Waals surface area contributed by atoms with E-state index in [0.717, 1.165) is 22.3 Å². The topological polar surface area (TPSA) is 105 Å². The minimum Gasteiger partial charge on any atom is -0.481 e. The third kappa shape index (κ3) is 4.79. The van der Waals surface area contributed by atoms with Gasteiger partial charge in [0, 0.05) is 17.5 Å². The smallest absolute Gasteiger partial charge is 0.407 e. The van der Waals surface area contributed by atoms with Gasteiger partial charge >= 0.3 is 12.1 Å². The first-order valence-electron chi connectivity index (χ1n) is 11.5. The molecular formula is C27H34N2O5. The second kappa shape index (κ2) is 9.49. The number of alkyl carbamates (subject to hydrolysis) is 1. The summed E-state index contributed by atoms with van der Waals surface area (Å²) in [6.45, 7) is 10.1. The Morgan fingerprint density at radius 1 is 0.941 bits per heavy atom. The fraction of sp³-hybridized carbons (Fsp3) is 0.444. The van der Waals surface area contributed by atoms with Crippen LogP contribution in [0.1, 0.15) is 58.6 Å². The Labute approximate surface area is 200 Å². The number of ether oxygens (including phenoxy) is 1. The molecule has 3 rings (SSSR count). The van der Waals surface area contributed by atoms with Crippen molar-refractivity contribution in [3.05, 3.63) is 59.7 Å². The summed E-state index contributed by atoms with van der Waals surface area (Å²) in [6, 6.07) is 15.7. The number of rotatable bonds is 8. The normalized spacial score (nSPS) is 15.0. The van der Waals surface area contributed by atoms with Crippen molar-refractivity contribution in [2.45, 2.75) is 59.0 Å². The minimum atomic E-state index is -1.17. The largest absolute Gasteiger partial charge is 0.481 e. The number of amides is 2. The molecule has 2 aromatic rings. The van der Waals surface area contributed by atoms with Gasteiger partial charge in [0.15, 0.2) is 0 Å². The van der Waals surface area contributed by atoms with Crippen molar-refractivity contribution in [2.24, 2.45) is 11.3 Å². The lowest BCUT2D eigenvalue weighted by molar-refractivity contribution is -0.152. The number of aliphatic carboxylic acids is 1. The van der Waals surface area contributed by atoms with E-state index in [2.05, 4.69) is 34.9 Å². The Hall–Kier alpha value is -3.35. The summed E-state index contributed by atoms with van der Waals surface area (Å²) in [7, 11) is 0. The van der Waals surface area contributed by atoms with Gasteiger partial charge in [0.2, 0.25) is 5.91 Å². The zero-order valence-corrected chi connectivity index (χ0v) is 20.6. The average molecular weight is 467 g/mol. The molecule has 34 heavy (non-hydrogen) atoms. The molecule has 0 aliphatic heterocycles. The monoisotopic (exact) mass is 466 g/mol. The van der Waals surface area contributed by atoms with E-state index < -0.39 is 35.0 Å². The maximum atomic E-state index is 12.8. The second-order valence-corrected chi connectivity index (χ2v) is 10.1. The number of hydrogen-bond acceptors (Lipinski definition) is 4. The van der Waals surface area contributed by atoms with E-state index >= 15 is 0 Å². The summed E-state index contributed by atoms with van der Waals surface area (Å²) >= 11 is 0. The van der Waals surface area contributed by atoms with Crippen molar-refractivity contribution < 1.29 is 24.2 Å². The van der Waals surface area contributed by atoms with Crippen molar-refractivity contribution in [1.29, 1.82) is 0 Å². The van der Waals surface area contributed by atoms with E-state index in [-0.39, 0.29) is 18.4 Å². The zero-order valence-electron chi connectivity index (χ0n) is 20.6. The molecule has 7 nitrogen and oxygen atoms in total. The summed E-state index contributed by atoms with van der Waals surface area (Å²) in [5.74, 6) is -1.99. The Bertz CT molecular complexity index is 1050. The quantitative estimate of drug-likeness (QED) is 0.529. The summed E-state index contributed by atoms with van der Waals surface area (Å²) in [6.07, 6.45) is -0.598. The Morgan fingerprint density at radius 3 is 1.94 bits per heavy atom. The van der Waals surface area contributed by atoms with Crippen LogP contribution in [0.4, 0.5) is 4.79 Å². The van der Waals surface area contributed by atoms with E-state index in [9.17, 15) is 19.5 Å². The standard InChI is InChI=1S/C27H34N2O5/c1-16(23(30)29-27(5,6)26(3,4)24(31)32)17(2)28-25(33)34-15-22-20-13-9-7-11-18(20)19-12-8-10-14-21(19)22/h7-14,16-17,22H,15H2,1-6H3,(H,28,33)(H,29,30)(H,31,32). The van der Waals surface area contributed by atoms with Crippen LogP contribution in [-0.2, 0) is 14.3 Å². The highest BCUT2D eigenvalue weighted by Gasteiger charge is 2.45. The van der Waals surface area contributed by atoms with Crippen molar-refractivity contribution in [3.8, 4) is 11.1 Å². The van der Waals surface area contributed by atoms with Crippen molar-refractivity contribution in [2.75, 3.05) is 6.61 Å². The molecule has 0 aromatic heterocycles. The molecule has 2 atom stereocenters. The van der Waals surface area contributed by atoms with E-state index in [4.69, 9.17) is 4.74 Å². The van der Waals surface area contributed by atoms with Crippen LogP contribution < -0.4 is 10.6 Å². The van der Waals surface area contributed by atoms with Crippen LogP contribution in [-0.4, -0.2) is 41.3 Å². The molecule has 7 heteroatoms. The van der Waals surface area contributed by atoms with Crippen LogP contribution in [0.5, 0.6) is 0 Å². The Kier molecular flexibility index (Phi) is 7.05. The lowest BCUT2D eigenvalue weighted by atomic mass is 9.74. The maximum Gasteiger partial charge on any atom is 0.407 e. The van der Waals surface area contributed by atoms with Gasteiger partial charge in [0.05, 0.1) is 11.3 Å². The van der Waals surface area contributed by atoms with Crippen LogP contribution in [0.3, 0.4) is 0 Å². The Balaban J connectivity index is 1.59. The molecule has 182 valence electrons. The van der Waals surface area contributed by atoms with E-state index in [1.54, 1.807) is 41.5 Å². The molecule has 2 unspecified atom stereocenters. The van der Waals surface area contributed by atoms with Gasteiger partial charge in [-0.1, -0.05) is 55.5 Å². The highest BCUT2D eigenvalue weighted by Crippen LogP contribution is 2.44. The van der Waals surface area contributed by atoms with E-state index in [1.165, 1.54) is 0 Å². The summed E-state index contributed by atoms with van der Waals surface area (Å²) in [5.41, 5.74) is 2.39. The van der Waals surface area contributed by atoms with E-state index in [1.807, 2.05) is 24.3 Å². The van der Waals surface area contributed by atoms with Gasteiger partial charge < -0.3 is 20.5 Å². The molecule has 0 spiro atoms. The van der Waals surface area contributed by atoms with Gasteiger partial charge in [-0.05, 0) is 56.9 Å². The van der Waals surface area contributed by atoms with Crippen LogP contribution in [0.2, 0.25) is 0 Å². The number of nitrogens with one attached hydrogen (secondary N) is 2. The van der Waals surface area contributed by atoms with Gasteiger partial charge in [-0.3, -0.25) is 9.59 Å². The summed E-state index contributed by atoms with van der Waals surface area (Å²) in [5, 5.41) is 15.1. The first-order chi connectivity index (χ1) is 15.9. The van der Waals surface area contributed by atoms with Gasteiger partial charge in [0.25, 0.3) is 0 Å². The van der Waals surface area contributed by atoms with Crippen LogP contribution in [0.15, 0.2) is 48.5 Å². The number of fused-ring (bicyclic) bond motifs is 3. The predicted molar refractivity (Wildman–Crippen MR) is 130 cm³/mol. The van der Waals surface area contributed by atoms with Crippen molar-refractivity contribution in [1.82, 2.24) is 10.6 Å². The molecule has 1 aliphatic carbocycles. The molecule has 0 fully saturated rings. The highest BCUT2D eigenvalue weighted by atomic mass is 16.5. The highest BCUT2D eigenvalue weighted by molar-refractivity contribution is 5.83. The fourth-order valence-corrected chi connectivity index (χ4v) is 4.02. The molecule has 2 aromatic carbocycles. The lowest BCUT2D eigenvalue weighted by Gasteiger charge is -2.39.